The van der Waals surface area contributed by atoms with Crippen LogP contribution < -0.4 is 16.4 Å². The van der Waals surface area contributed by atoms with Gasteiger partial charge in [0.1, 0.15) is 5.69 Å². The van der Waals surface area contributed by atoms with Gasteiger partial charge in [-0.1, -0.05) is 30.3 Å². The van der Waals surface area contributed by atoms with Crippen molar-refractivity contribution in [3.05, 3.63) is 82.8 Å². The van der Waals surface area contributed by atoms with Gasteiger partial charge in [-0.25, -0.2) is 9.78 Å². The third-order valence-corrected chi connectivity index (χ3v) is 5.34. The van der Waals surface area contributed by atoms with Crippen LogP contribution in [0.4, 0.5) is 5.95 Å². The number of nitrogen functional groups attached to an aromatic ring is 1. The molecule has 0 atom stereocenters. The molecule has 0 spiro atoms. The summed E-state index contributed by atoms with van der Waals surface area (Å²) < 4.78 is 4.62. The first-order chi connectivity index (χ1) is 15.5. The Balaban J connectivity index is 1.77. The van der Waals surface area contributed by atoms with Crippen molar-refractivity contribution in [2.24, 2.45) is 0 Å². The molecule has 0 amide bonds. The minimum absolute atomic E-state index is 0.223. The number of H-pyrrole nitrogens is 1. The highest BCUT2D eigenvalue weighted by Gasteiger charge is 2.25. The number of aromatic amines is 1. The zero-order chi connectivity index (χ0) is 22.2. The first kappa shape index (κ1) is 19.7. The second kappa shape index (κ2) is 7.77. The van der Waals surface area contributed by atoms with Gasteiger partial charge in [0.05, 0.1) is 18.7 Å². The number of nitrogens with zero attached hydrogens (tertiary/aromatic N) is 6. The van der Waals surface area contributed by atoms with Gasteiger partial charge >= 0.3 is 11.6 Å². The van der Waals surface area contributed by atoms with Gasteiger partial charge in [-0.05, 0) is 37.6 Å². The second-order valence-corrected chi connectivity index (χ2v) is 7.70. The largest absolute Gasteiger partial charge is 0.411 e. The molecule has 9 nitrogen and oxygen atoms in total. The first-order valence-corrected chi connectivity index (χ1v) is 10.3. The van der Waals surface area contributed by atoms with Crippen molar-refractivity contribution < 1.29 is 4.98 Å². The fourth-order valence-corrected chi connectivity index (χ4v) is 3.99. The van der Waals surface area contributed by atoms with Gasteiger partial charge < -0.3 is 0 Å². The van der Waals surface area contributed by atoms with Crippen molar-refractivity contribution in [1.82, 2.24) is 28.9 Å². The summed E-state index contributed by atoms with van der Waals surface area (Å²) in [7, 11) is 0. The number of hydrogen-bond donors (Lipinski definition) is 1. The molecule has 3 N–H and O–H groups in total. The summed E-state index contributed by atoms with van der Waals surface area (Å²) in [6, 6.07) is 15.7. The van der Waals surface area contributed by atoms with Crippen LogP contribution in [-0.4, -0.2) is 28.9 Å². The molecular formula is C23H23N8O+. The molecule has 0 unspecified atom stereocenters. The zero-order valence-corrected chi connectivity index (χ0v) is 17.9. The molecule has 0 radical (unpaired) electrons. The SMILES string of the molecule is Cc1cc(-c2c(-c3ccccc3)[nH+]c(N)n3c(=O)n(CCn4cccn4)nc23)cc(C)n1. The Labute approximate surface area is 183 Å². The van der Waals surface area contributed by atoms with Gasteiger partial charge in [-0.3, -0.25) is 15.4 Å². The average Bonchev–Trinajstić information content (AvgIpc) is 3.40. The Kier molecular flexibility index (Phi) is 4.78. The maximum atomic E-state index is 13.2. The van der Waals surface area contributed by atoms with Crippen molar-refractivity contribution in [3.8, 4) is 22.4 Å². The number of nitrogens with two attached hydrogens (primary N) is 1. The quantitative estimate of drug-likeness (QED) is 0.462. The van der Waals surface area contributed by atoms with E-state index in [2.05, 4.69) is 15.1 Å². The van der Waals surface area contributed by atoms with Gasteiger partial charge in [0, 0.05) is 29.3 Å². The summed E-state index contributed by atoms with van der Waals surface area (Å²) in [6.07, 6.45) is 3.56. The number of aromatic nitrogens is 7. The van der Waals surface area contributed by atoms with Gasteiger partial charge in [0.25, 0.3) is 0 Å². The zero-order valence-electron chi connectivity index (χ0n) is 17.9. The molecule has 1 aromatic carbocycles. The molecule has 5 rings (SSSR count). The van der Waals surface area contributed by atoms with Crippen LogP contribution in [0.5, 0.6) is 0 Å². The number of aryl methyl sites for hydroxylation is 4. The Morgan fingerprint density at radius 1 is 1.00 bits per heavy atom. The molecule has 4 heterocycles. The molecule has 32 heavy (non-hydrogen) atoms. The topological polar surface area (TPSA) is 110 Å². The lowest BCUT2D eigenvalue weighted by molar-refractivity contribution is -0.351. The predicted octanol–water partition coefficient (Wildman–Crippen LogP) is 2.13. The fraction of sp³-hybridized carbons (Fsp3) is 0.174. The van der Waals surface area contributed by atoms with E-state index in [1.807, 2.05) is 68.6 Å². The van der Waals surface area contributed by atoms with Crippen molar-refractivity contribution in [3.63, 3.8) is 0 Å². The molecular weight excluding hydrogens is 404 g/mol. The summed E-state index contributed by atoms with van der Waals surface area (Å²) in [5, 5.41) is 8.90. The lowest BCUT2D eigenvalue weighted by Gasteiger charge is -2.10. The minimum Gasteiger partial charge on any atom is -0.290 e. The summed E-state index contributed by atoms with van der Waals surface area (Å²) in [4.78, 5) is 20.9. The van der Waals surface area contributed by atoms with Crippen molar-refractivity contribution in [2.75, 3.05) is 5.73 Å². The van der Waals surface area contributed by atoms with Crippen molar-refractivity contribution in [1.29, 1.82) is 0 Å². The number of rotatable bonds is 5. The number of hydrogen-bond acceptors (Lipinski definition) is 5. The van der Waals surface area contributed by atoms with Crippen LogP contribution in [0, 0.1) is 13.8 Å². The van der Waals surface area contributed by atoms with Crippen LogP contribution in [0.3, 0.4) is 0 Å². The molecule has 0 saturated heterocycles. The Morgan fingerprint density at radius 3 is 2.44 bits per heavy atom. The Bertz CT molecular complexity index is 1450. The highest BCUT2D eigenvalue weighted by molar-refractivity contribution is 5.88. The number of nitrogens with one attached hydrogen (secondary N) is 1. The maximum Gasteiger partial charge on any atom is 0.411 e. The smallest absolute Gasteiger partial charge is 0.290 e. The van der Waals surface area contributed by atoms with Crippen LogP contribution in [0.2, 0.25) is 0 Å². The Morgan fingerprint density at radius 2 is 1.75 bits per heavy atom. The highest BCUT2D eigenvalue weighted by Crippen LogP contribution is 2.32. The van der Waals surface area contributed by atoms with Gasteiger partial charge in [0.2, 0.25) is 5.65 Å². The molecule has 160 valence electrons. The first-order valence-electron chi connectivity index (χ1n) is 10.3. The van der Waals surface area contributed by atoms with Crippen LogP contribution in [-0.2, 0) is 13.1 Å². The van der Waals surface area contributed by atoms with Gasteiger partial charge in [-0.15, -0.1) is 9.50 Å². The minimum atomic E-state index is -0.302. The van der Waals surface area contributed by atoms with E-state index in [0.29, 0.717) is 18.7 Å². The molecule has 4 aromatic heterocycles. The molecule has 0 bridgehead atoms. The molecule has 9 heteroatoms. The van der Waals surface area contributed by atoms with Crippen LogP contribution in [0.25, 0.3) is 28.0 Å². The summed E-state index contributed by atoms with van der Waals surface area (Å²) in [5.74, 6) is 0.223. The van der Waals surface area contributed by atoms with Crippen LogP contribution in [0.1, 0.15) is 11.4 Å². The molecule has 5 aromatic rings. The Hall–Kier alpha value is -4.27. The molecule has 0 aliphatic rings. The lowest BCUT2D eigenvalue weighted by Crippen LogP contribution is -2.28. The highest BCUT2D eigenvalue weighted by atomic mass is 16.2. The van der Waals surface area contributed by atoms with Crippen molar-refractivity contribution >= 4 is 11.6 Å². The standard InChI is InChI=1S/C23H22N8O/c1-15-13-18(14-16(2)26-15)19-20(17-7-4-3-5-8-17)27-22(24)31-21(19)28-30(23(31)32)12-11-29-10-6-9-25-29/h3-10,13-14H,11-12H2,1-2H3,(H2,24,27)/p+1. The lowest BCUT2D eigenvalue weighted by atomic mass is 9.99. The van der Waals surface area contributed by atoms with Gasteiger partial charge in [-0.2, -0.15) is 9.78 Å². The summed E-state index contributed by atoms with van der Waals surface area (Å²) in [6.45, 7) is 4.79. The molecule has 0 aliphatic carbocycles. The van der Waals surface area contributed by atoms with E-state index >= 15 is 0 Å². The second-order valence-electron chi connectivity index (χ2n) is 7.70. The van der Waals surface area contributed by atoms with E-state index in [9.17, 15) is 4.79 Å². The van der Waals surface area contributed by atoms with Crippen molar-refractivity contribution in [2.45, 2.75) is 26.9 Å². The normalized spacial score (nSPS) is 11.3. The van der Waals surface area contributed by atoms with E-state index in [-0.39, 0.29) is 11.6 Å². The van der Waals surface area contributed by atoms with E-state index in [0.717, 1.165) is 33.8 Å². The fourth-order valence-electron chi connectivity index (χ4n) is 3.99. The number of benzene rings is 1. The summed E-state index contributed by atoms with van der Waals surface area (Å²) in [5.41, 5.74) is 11.8. The van der Waals surface area contributed by atoms with E-state index < -0.39 is 0 Å². The third kappa shape index (κ3) is 3.43. The van der Waals surface area contributed by atoms with Gasteiger partial charge in [0.15, 0.2) is 0 Å². The number of pyridine rings is 1. The number of anilines is 1. The van der Waals surface area contributed by atoms with Crippen LogP contribution >= 0.6 is 0 Å². The third-order valence-electron chi connectivity index (χ3n) is 5.34. The summed E-state index contributed by atoms with van der Waals surface area (Å²) >= 11 is 0. The number of fused-ring (bicyclic) bond motifs is 1. The maximum absolute atomic E-state index is 13.2. The molecule has 0 saturated carbocycles. The average molecular weight is 427 g/mol. The van der Waals surface area contributed by atoms with Crippen LogP contribution in [0.15, 0.2) is 65.7 Å². The molecule has 0 aliphatic heterocycles. The van der Waals surface area contributed by atoms with E-state index in [1.54, 1.807) is 10.9 Å². The molecule has 0 fully saturated rings. The monoisotopic (exact) mass is 427 g/mol. The van der Waals surface area contributed by atoms with E-state index in [1.165, 1.54) is 9.08 Å². The van der Waals surface area contributed by atoms with E-state index in [4.69, 9.17) is 10.8 Å². The predicted molar refractivity (Wildman–Crippen MR) is 121 cm³/mol.